The van der Waals surface area contributed by atoms with Gasteiger partial charge in [0.25, 0.3) is 0 Å². The number of ether oxygens (including phenoxy) is 2. The molecule has 1 aliphatic rings. The monoisotopic (exact) mass is 262 g/mol. The lowest BCUT2D eigenvalue weighted by atomic mass is 9.85. The molecule has 1 aromatic rings. The van der Waals surface area contributed by atoms with Gasteiger partial charge in [-0.05, 0) is 32.3 Å². The van der Waals surface area contributed by atoms with Crippen molar-refractivity contribution < 1.29 is 19.1 Å². The maximum Gasteiger partial charge on any atom is 0.325 e. The summed E-state index contributed by atoms with van der Waals surface area (Å²) in [7, 11) is 0. The molecule has 1 heterocycles. The van der Waals surface area contributed by atoms with E-state index in [2.05, 4.69) is 0 Å². The first kappa shape index (κ1) is 13.6. The van der Waals surface area contributed by atoms with E-state index >= 15 is 0 Å². The first-order valence-electron chi connectivity index (χ1n) is 6.44. The van der Waals surface area contributed by atoms with E-state index in [0.29, 0.717) is 6.61 Å². The molecule has 1 aromatic carbocycles. The van der Waals surface area contributed by atoms with Gasteiger partial charge in [0.2, 0.25) is 0 Å². The number of carbonyl (C=O) groups is 2. The zero-order valence-electron chi connectivity index (χ0n) is 11.2. The van der Waals surface area contributed by atoms with E-state index in [-0.39, 0.29) is 0 Å². The second-order valence-electron chi connectivity index (χ2n) is 5.21. The average molecular weight is 262 g/mol. The van der Waals surface area contributed by atoms with Crippen LogP contribution in [0, 0.1) is 5.92 Å². The van der Waals surface area contributed by atoms with E-state index in [4.69, 9.17) is 9.47 Å². The quantitative estimate of drug-likeness (QED) is 0.463. The molecular formula is C15H18O4. The van der Waals surface area contributed by atoms with Crippen LogP contribution < -0.4 is 0 Å². The maximum absolute atomic E-state index is 11.7. The van der Waals surface area contributed by atoms with Gasteiger partial charge in [0.05, 0.1) is 6.61 Å². The zero-order valence-corrected chi connectivity index (χ0v) is 11.2. The van der Waals surface area contributed by atoms with Crippen LogP contribution in [-0.4, -0.2) is 24.1 Å². The Hall–Kier alpha value is -1.84. The van der Waals surface area contributed by atoms with Gasteiger partial charge in [0.1, 0.15) is 5.60 Å². The molecule has 0 radical (unpaired) electrons. The number of benzene rings is 1. The van der Waals surface area contributed by atoms with Crippen molar-refractivity contribution in [3.05, 3.63) is 35.9 Å². The summed E-state index contributed by atoms with van der Waals surface area (Å²) >= 11 is 0. The molecule has 1 saturated heterocycles. The molecule has 102 valence electrons. The lowest BCUT2D eigenvalue weighted by Crippen LogP contribution is -2.57. The minimum absolute atomic E-state index is 0.327. The third kappa shape index (κ3) is 3.13. The summed E-state index contributed by atoms with van der Waals surface area (Å²) in [6.45, 7) is 3.75. The molecule has 0 spiro atoms. The number of aryl methyl sites for hydroxylation is 1. The molecule has 4 heteroatoms. The summed E-state index contributed by atoms with van der Waals surface area (Å²) in [5.74, 6) is -1.74. The van der Waals surface area contributed by atoms with Crippen molar-refractivity contribution in [2.24, 2.45) is 5.92 Å². The fraction of sp³-hybridized carbons (Fsp3) is 0.467. The van der Waals surface area contributed by atoms with Gasteiger partial charge in [-0.3, -0.25) is 9.59 Å². The van der Waals surface area contributed by atoms with Crippen LogP contribution in [0.3, 0.4) is 0 Å². The number of cyclic esters (lactones) is 1. The third-order valence-corrected chi connectivity index (χ3v) is 3.23. The number of hydrogen-bond donors (Lipinski definition) is 0. The molecule has 0 saturated carbocycles. The Morgan fingerprint density at radius 2 is 2.00 bits per heavy atom. The summed E-state index contributed by atoms with van der Waals surface area (Å²) in [5, 5.41) is 0. The fourth-order valence-electron chi connectivity index (χ4n) is 2.16. The van der Waals surface area contributed by atoms with E-state index in [1.165, 1.54) is 5.56 Å². The predicted molar refractivity (Wildman–Crippen MR) is 69.4 cm³/mol. The van der Waals surface area contributed by atoms with Crippen LogP contribution in [0.25, 0.3) is 0 Å². The standard InChI is InChI=1S/C15H18O4/c1-15(2)12(14(17)19-15)13(16)18-10-6-9-11-7-4-3-5-8-11/h3-5,7-8,12H,6,9-10H2,1-2H3/t12-/m1/s1. The van der Waals surface area contributed by atoms with Crippen LogP contribution in [0.4, 0.5) is 0 Å². The molecule has 0 unspecified atom stereocenters. The third-order valence-electron chi connectivity index (χ3n) is 3.23. The van der Waals surface area contributed by atoms with Gasteiger partial charge in [0, 0.05) is 0 Å². The van der Waals surface area contributed by atoms with Crippen LogP contribution in [0.15, 0.2) is 30.3 Å². The van der Waals surface area contributed by atoms with Gasteiger partial charge in [-0.15, -0.1) is 0 Å². The number of rotatable bonds is 5. The number of carbonyl (C=O) groups excluding carboxylic acids is 2. The highest BCUT2D eigenvalue weighted by Gasteiger charge is 2.55. The summed E-state index contributed by atoms with van der Waals surface area (Å²) in [4.78, 5) is 23.0. The first-order valence-corrected chi connectivity index (χ1v) is 6.44. The minimum Gasteiger partial charge on any atom is -0.465 e. The molecule has 4 nitrogen and oxygen atoms in total. The van der Waals surface area contributed by atoms with Gasteiger partial charge < -0.3 is 9.47 Å². The zero-order chi connectivity index (χ0) is 13.9. The molecule has 19 heavy (non-hydrogen) atoms. The number of esters is 2. The highest BCUT2D eigenvalue weighted by atomic mass is 16.6. The van der Waals surface area contributed by atoms with Crippen molar-refractivity contribution in [3.8, 4) is 0 Å². The highest BCUT2D eigenvalue weighted by molar-refractivity contribution is 6.00. The van der Waals surface area contributed by atoms with E-state index < -0.39 is 23.5 Å². The van der Waals surface area contributed by atoms with Crippen LogP contribution in [-0.2, 0) is 25.5 Å². The molecule has 0 amide bonds. The average Bonchev–Trinajstić information content (AvgIpc) is 2.34. The summed E-state index contributed by atoms with van der Waals surface area (Å²) in [6, 6.07) is 10.00. The van der Waals surface area contributed by atoms with Crippen LogP contribution in [0.5, 0.6) is 0 Å². The second kappa shape index (κ2) is 5.43. The van der Waals surface area contributed by atoms with E-state index in [0.717, 1.165) is 12.8 Å². The summed E-state index contributed by atoms with van der Waals surface area (Å²) in [6.07, 6.45) is 1.60. The van der Waals surface area contributed by atoms with Crippen LogP contribution >= 0.6 is 0 Å². The summed E-state index contributed by atoms with van der Waals surface area (Å²) in [5.41, 5.74) is 0.482. The molecule has 1 atom stereocenters. The SMILES string of the molecule is CC1(C)OC(=O)[C@H]1C(=O)OCCCc1ccccc1. The van der Waals surface area contributed by atoms with Crippen molar-refractivity contribution in [1.29, 1.82) is 0 Å². The molecule has 2 rings (SSSR count). The second-order valence-corrected chi connectivity index (χ2v) is 5.21. The van der Waals surface area contributed by atoms with Gasteiger partial charge in [-0.25, -0.2) is 0 Å². The van der Waals surface area contributed by atoms with Crippen molar-refractivity contribution in [1.82, 2.24) is 0 Å². The molecule has 0 aromatic heterocycles. The Bertz CT molecular complexity index is 464. The predicted octanol–water partition coefficient (Wildman–Crippen LogP) is 2.11. The van der Waals surface area contributed by atoms with Crippen LogP contribution in [0.1, 0.15) is 25.8 Å². The van der Waals surface area contributed by atoms with E-state index in [1.807, 2.05) is 30.3 Å². The molecule has 0 bridgehead atoms. The molecule has 0 N–H and O–H groups in total. The van der Waals surface area contributed by atoms with Crippen molar-refractivity contribution in [2.45, 2.75) is 32.3 Å². The lowest BCUT2D eigenvalue weighted by Gasteiger charge is -2.40. The van der Waals surface area contributed by atoms with Gasteiger partial charge >= 0.3 is 11.9 Å². The normalized spacial score (nSPS) is 20.3. The largest absolute Gasteiger partial charge is 0.465 e. The lowest BCUT2D eigenvalue weighted by molar-refractivity contribution is -0.212. The van der Waals surface area contributed by atoms with E-state index in [9.17, 15) is 9.59 Å². The Labute approximate surface area is 112 Å². The Kier molecular flexibility index (Phi) is 3.88. The van der Waals surface area contributed by atoms with Crippen molar-refractivity contribution in [3.63, 3.8) is 0 Å². The Morgan fingerprint density at radius 1 is 1.32 bits per heavy atom. The Balaban J connectivity index is 1.72. The van der Waals surface area contributed by atoms with E-state index in [1.54, 1.807) is 13.8 Å². The van der Waals surface area contributed by atoms with Gasteiger partial charge in [-0.2, -0.15) is 0 Å². The Morgan fingerprint density at radius 3 is 2.58 bits per heavy atom. The van der Waals surface area contributed by atoms with Gasteiger partial charge in [0.15, 0.2) is 5.92 Å². The topological polar surface area (TPSA) is 52.6 Å². The highest BCUT2D eigenvalue weighted by Crippen LogP contribution is 2.34. The smallest absolute Gasteiger partial charge is 0.325 e. The maximum atomic E-state index is 11.7. The minimum atomic E-state index is -0.774. The van der Waals surface area contributed by atoms with Crippen LogP contribution in [0.2, 0.25) is 0 Å². The van der Waals surface area contributed by atoms with Gasteiger partial charge in [-0.1, -0.05) is 30.3 Å². The summed E-state index contributed by atoms with van der Waals surface area (Å²) < 4.78 is 10.0. The molecule has 1 fully saturated rings. The molecule has 0 aliphatic carbocycles. The number of hydrogen-bond acceptors (Lipinski definition) is 4. The molecule has 1 aliphatic heterocycles. The first-order chi connectivity index (χ1) is 9.00. The molecular weight excluding hydrogens is 244 g/mol. The fourth-order valence-corrected chi connectivity index (χ4v) is 2.16. The van der Waals surface area contributed by atoms with Crippen molar-refractivity contribution in [2.75, 3.05) is 6.61 Å². The van der Waals surface area contributed by atoms with Crippen molar-refractivity contribution >= 4 is 11.9 Å².